The van der Waals surface area contributed by atoms with Crippen LogP contribution in [0.3, 0.4) is 0 Å². The molecule has 0 fully saturated rings. The number of aromatic nitrogens is 2. The van der Waals surface area contributed by atoms with E-state index in [0.717, 1.165) is 28.7 Å². The summed E-state index contributed by atoms with van der Waals surface area (Å²) in [5.74, 6) is -0.596. The molecule has 160 valence electrons. The molecule has 1 heterocycles. The number of nitro groups is 1. The topological polar surface area (TPSA) is 122 Å². The smallest absolute Gasteiger partial charge is 0.283 e. The molecule has 0 bridgehead atoms. The summed E-state index contributed by atoms with van der Waals surface area (Å²) in [4.78, 5) is 32.6. The van der Waals surface area contributed by atoms with Crippen molar-refractivity contribution in [2.24, 2.45) is 0 Å². The summed E-state index contributed by atoms with van der Waals surface area (Å²) < 4.78 is 0. The SMILES string of the molecule is Cc1ccc(NC(=O)/C(C#N)=C/c2ccc(Sc3nc(C)cc(C)n3)c([N+](=O)[O-])c2)cc1. The maximum Gasteiger partial charge on any atom is 0.283 e. The second-order valence-corrected chi connectivity index (χ2v) is 8.02. The molecule has 0 unspecified atom stereocenters. The van der Waals surface area contributed by atoms with Gasteiger partial charge in [0.25, 0.3) is 11.6 Å². The monoisotopic (exact) mass is 445 g/mol. The van der Waals surface area contributed by atoms with Crippen molar-refractivity contribution in [3.63, 3.8) is 0 Å². The van der Waals surface area contributed by atoms with E-state index in [0.29, 0.717) is 21.3 Å². The van der Waals surface area contributed by atoms with Gasteiger partial charge in [0.1, 0.15) is 11.6 Å². The lowest BCUT2D eigenvalue weighted by Gasteiger charge is -2.06. The molecule has 1 aromatic heterocycles. The summed E-state index contributed by atoms with van der Waals surface area (Å²) in [6.45, 7) is 5.57. The van der Waals surface area contributed by atoms with Crippen molar-refractivity contribution in [3.05, 3.63) is 86.7 Å². The van der Waals surface area contributed by atoms with Gasteiger partial charge in [-0.3, -0.25) is 14.9 Å². The van der Waals surface area contributed by atoms with E-state index >= 15 is 0 Å². The van der Waals surface area contributed by atoms with Crippen LogP contribution in [-0.4, -0.2) is 20.8 Å². The van der Waals surface area contributed by atoms with E-state index in [1.165, 1.54) is 12.1 Å². The van der Waals surface area contributed by atoms with Crippen molar-refractivity contribution in [1.29, 1.82) is 5.26 Å². The number of nitriles is 1. The molecule has 3 aromatic rings. The first-order valence-electron chi connectivity index (χ1n) is 9.53. The largest absolute Gasteiger partial charge is 0.321 e. The van der Waals surface area contributed by atoms with Crippen molar-refractivity contribution in [3.8, 4) is 6.07 Å². The van der Waals surface area contributed by atoms with Gasteiger partial charge in [-0.25, -0.2) is 9.97 Å². The summed E-state index contributed by atoms with van der Waals surface area (Å²) in [5.41, 5.74) is 3.14. The number of aryl methyl sites for hydroxylation is 3. The first-order valence-corrected chi connectivity index (χ1v) is 10.3. The average molecular weight is 446 g/mol. The minimum Gasteiger partial charge on any atom is -0.321 e. The van der Waals surface area contributed by atoms with Crippen LogP contribution in [0, 0.1) is 42.2 Å². The van der Waals surface area contributed by atoms with Crippen LogP contribution in [-0.2, 0) is 4.79 Å². The lowest BCUT2D eigenvalue weighted by molar-refractivity contribution is -0.387. The molecule has 32 heavy (non-hydrogen) atoms. The predicted molar refractivity (Wildman–Crippen MR) is 122 cm³/mol. The number of amides is 1. The van der Waals surface area contributed by atoms with E-state index in [9.17, 15) is 20.2 Å². The normalized spacial score (nSPS) is 11.0. The van der Waals surface area contributed by atoms with Crippen molar-refractivity contribution >= 4 is 35.1 Å². The molecule has 2 aromatic carbocycles. The Morgan fingerprint density at radius 2 is 1.75 bits per heavy atom. The Morgan fingerprint density at radius 3 is 2.34 bits per heavy atom. The second-order valence-electron chi connectivity index (χ2n) is 7.01. The Balaban J connectivity index is 1.88. The minimum atomic E-state index is -0.596. The van der Waals surface area contributed by atoms with E-state index in [2.05, 4.69) is 15.3 Å². The molecule has 0 radical (unpaired) electrons. The number of carbonyl (C=O) groups is 1. The Hall–Kier alpha value is -4.03. The van der Waals surface area contributed by atoms with Gasteiger partial charge >= 0.3 is 0 Å². The van der Waals surface area contributed by atoms with Crippen molar-refractivity contribution in [2.75, 3.05) is 5.32 Å². The highest BCUT2D eigenvalue weighted by atomic mass is 32.2. The number of rotatable bonds is 6. The van der Waals surface area contributed by atoms with Crippen LogP contribution in [0.15, 0.2) is 64.2 Å². The molecule has 1 amide bonds. The van der Waals surface area contributed by atoms with Gasteiger partial charge < -0.3 is 5.32 Å². The van der Waals surface area contributed by atoms with Gasteiger partial charge in [-0.05, 0) is 68.4 Å². The Labute approximate surface area is 189 Å². The van der Waals surface area contributed by atoms with E-state index < -0.39 is 10.8 Å². The third-order valence-electron chi connectivity index (χ3n) is 4.33. The van der Waals surface area contributed by atoms with Gasteiger partial charge in [-0.2, -0.15) is 5.26 Å². The zero-order valence-electron chi connectivity index (χ0n) is 17.6. The molecule has 0 atom stereocenters. The van der Waals surface area contributed by atoms with Gasteiger partial charge in [0.15, 0.2) is 5.16 Å². The number of carbonyl (C=O) groups excluding carboxylic acids is 1. The molecule has 9 heteroatoms. The van der Waals surface area contributed by atoms with Crippen LogP contribution in [0.1, 0.15) is 22.5 Å². The highest BCUT2D eigenvalue weighted by molar-refractivity contribution is 7.99. The number of benzene rings is 2. The molecular weight excluding hydrogens is 426 g/mol. The fourth-order valence-corrected chi connectivity index (χ4v) is 3.79. The Bertz CT molecular complexity index is 1240. The summed E-state index contributed by atoms with van der Waals surface area (Å²) in [6, 6.07) is 15.3. The first-order chi connectivity index (χ1) is 15.2. The zero-order chi connectivity index (χ0) is 23.3. The Kier molecular flexibility index (Phi) is 6.97. The minimum absolute atomic E-state index is 0.164. The third-order valence-corrected chi connectivity index (χ3v) is 5.26. The first kappa shape index (κ1) is 22.7. The fourth-order valence-electron chi connectivity index (χ4n) is 2.84. The number of anilines is 1. The number of hydrogen-bond donors (Lipinski definition) is 1. The van der Waals surface area contributed by atoms with Crippen LogP contribution in [0.2, 0.25) is 0 Å². The van der Waals surface area contributed by atoms with Crippen molar-refractivity contribution in [2.45, 2.75) is 30.8 Å². The predicted octanol–water partition coefficient (Wildman–Crippen LogP) is 5.01. The molecule has 0 spiro atoms. The van der Waals surface area contributed by atoms with E-state index in [-0.39, 0.29) is 11.3 Å². The van der Waals surface area contributed by atoms with E-state index in [4.69, 9.17) is 0 Å². The molecule has 0 aliphatic carbocycles. The van der Waals surface area contributed by atoms with Gasteiger partial charge in [0, 0.05) is 23.1 Å². The standard InChI is InChI=1S/C23H19N5O3S/c1-14-4-7-19(8-5-14)27-22(29)18(13-24)11-17-6-9-21(20(12-17)28(30)31)32-23-25-15(2)10-16(3)26-23/h4-12H,1-3H3,(H,27,29)/b18-11+. The highest BCUT2D eigenvalue weighted by Gasteiger charge is 2.18. The van der Waals surface area contributed by atoms with E-state index in [1.807, 2.05) is 45.0 Å². The van der Waals surface area contributed by atoms with E-state index in [1.54, 1.807) is 24.3 Å². The van der Waals surface area contributed by atoms with Gasteiger partial charge in [0.05, 0.1) is 9.82 Å². The van der Waals surface area contributed by atoms with Crippen LogP contribution in [0.25, 0.3) is 6.08 Å². The number of nitro benzene ring substituents is 1. The van der Waals surface area contributed by atoms with Crippen LogP contribution < -0.4 is 5.32 Å². The van der Waals surface area contributed by atoms with Gasteiger partial charge in [-0.1, -0.05) is 23.8 Å². The van der Waals surface area contributed by atoms with Gasteiger partial charge in [-0.15, -0.1) is 0 Å². The third kappa shape index (κ3) is 5.77. The molecule has 0 aliphatic heterocycles. The molecule has 0 saturated carbocycles. The van der Waals surface area contributed by atoms with Crippen LogP contribution in [0.5, 0.6) is 0 Å². The summed E-state index contributed by atoms with van der Waals surface area (Å²) in [5, 5.41) is 24.1. The molecule has 1 N–H and O–H groups in total. The van der Waals surface area contributed by atoms with Crippen molar-refractivity contribution < 1.29 is 9.72 Å². The number of nitrogens with one attached hydrogen (secondary N) is 1. The fraction of sp³-hybridized carbons (Fsp3) is 0.130. The lowest BCUT2D eigenvalue weighted by atomic mass is 10.1. The second kappa shape index (κ2) is 9.85. The molecule has 8 nitrogen and oxygen atoms in total. The summed E-state index contributed by atoms with van der Waals surface area (Å²) >= 11 is 1.08. The van der Waals surface area contributed by atoms with Crippen LogP contribution in [0.4, 0.5) is 11.4 Å². The Morgan fingerprint density at radius 1 is 1.09 bits per heavy atom. The lowest BCUT2D eigenvalue weighted by Crippen LogP contribution is -2.13. The highest BCUT2D eigenvalue weighted by Crippen LogP contribution is 2.34. The molecule has 0 aliphatic rings. The molecular formula is C23H19N5O3S. The maximum absolute atomic E-state index is 12.5. The summed E-state index contributed by atoms with van der Waals surface area (Å²) in [7, 11) is 0. The molecule has 0 saturated heterocycles. The average Bonchev–Trinajstić information content (AvgIpc) is 2.73. The number of hydrogen-bond acceptors (Lipinski definition) is 7. The summed E-state index contributed by atoms with van der Waals surface area (Å²) in [6.07, 6.45) is 1.32. The van der Waals surface area contributed by atoms with Crippen molar-refractivity contribution in [1.82, 2.24) is 9.97 Å². The maximum atomic E-state index is 12.5. The van der Waals surface area contributed by atoms with Gasteiger partial charge in [0.2, 0.25) is 0 Å². The van der Waals surface area contributed by atoms with Crippen LogP contribution >= 0.6 is 11.8 Å². The number of nitrogens with zero attached hydrogens (tertiary/aromatic N) is 4. The zero-order valence-corrected chi connectivity index (χ0v) is 18.4. The molecule has 3 rings (SSSR count). The quantitative estimate of drug-likeness (QED) is 0.186.